The Labute approximate surface area is 130 Å². The lowest BCUT2D eigenvalue weighted by molar-refractivity contribution is -0.125. The fourth-order valence-corrected chi connectivity index (χ4v) is 2.09. The van der Waals surface area contributed by atoms with Gasteiger partial charge in [-0.25, -0.2) is 0 Å². The smallest absolute Gasteiger partial charge is 0.387 e. The minimum atomic E-state index is -2.89. The predicted molar refractivity (Wildman–Crippen MR) is 78.1 cm³/mol. The van der Waals surface area contributed by atoms with Crippen LogP contribution in [0.4, 0.5) is 14.5 Å². The average Bonchev–Trinajstić information content (AvgIpc) is 2.55. The lowest BCUT2D eigenvalue weighted by atomic mass is 10.2. The van der Waals surface area contributed by atoms with Gasteiger partial charge in [0, 0.05) is 5.69 Å². The Kier molecular flexibility index (Phi) is 4.27. The summed E-state index contributed by atoms with van der Waals surface area (Å²) in [6.07, 6.45) is -0.790. The first-order valence-corrected chi connectivity index (χ1v) is 6.86. The van der Waals surface area contributed by atoms with E-state index in [0.29, 0.717) is 17.2 Å². The fourth-order valence-electron chi connectivity index (χ4n) is 2.09. The van der Waals surface area contributed by atoms with Crippen LogP contribution in [0.2, 0.25) is 0 Å². The van der Waals surface area contributed by atoms with Crippen molar-refractivity contribution in [3.63, 3.8) is 0 Å². The maximum Gasteiger partial charge on any atom is 0.387 e. The summed E-state index contributed by atoms with van der Waals surface area (Å²) in [6.45, 7) is -2.79. The molecule has 0 bridgehead atoms. The lowest BCUT2D eigenvalue weighted by Gasteiger charge is -2.25. The summed E-state index contributed by atoms with van der Waals surface area (Å²) >= 11 is 0. The zero-order valence-corrected chi connectivity index (χ0v) is 11.9. The number of ether oxygens (including phenoxy) is 3. The molecule has 1 N–H and O–H groups in total. The number of nitrogens with one attached hydrogen (secondary N) is 1. The standard InChI is InChI=1S/C16H13F2NO4/c17-16(18)22-11-7-5-10(6-8-11)19-15(20)14-9-21-12-3-1-2-4-13(12)23-14/h1-8,14,16H,9H2,(H,19,20). The number of amides is 1. The second-order valence-corrected chi connectivity index (χ2v) is 4.76. The van der Waals surface area contributed by atoms with Crippen LogP contribution in [-0.4, -0.2) is 25.2 Å². The number of carbonyl (C=O) groups is 1. The maximum absolute atomic E-state index is 12.2. The number of fused-ring (bicyclic) bond motifs is 1. The van der Waals surface area contributed by atoms with Crippen molar-refractivity contribution in [2.75, 3.05) is 11.9 Å². The highest BCUT2D eigenvalue weighted by Gasteiger charge is 2.27. The van der Waals surface area contributed by atoms with Gasteiger partial charge in [-0.15, -0.1) is 0 Å². The zero-order chi connectivity index (χ0) is 16.2. The minimum absolute atomic E-state index is 0.0178. The molecular weight excluding hydrogens is 308 g/mol. The topological polar surface area (TPSA) is 56.8 Å². The number of carbonyl (C=O) groups excluding carboxylic acids is 1. The molecular formula is C16H13F2NO4. The van der Waals surface area contributed by atoms with E-state index in [-0.39, 0.29) is 18.3 Å². The van der Waals surface area contributed by atoms with E-state index < -0.39 is 12.7 Å². The second kappa shape index (κ2) is 6.51. The van der Waals surface area contributed by atoms with Crippen molar-refractivity contribution in [3.8, 4) is 17.2 Å². The number of benzene rings is 2. The number of hydrogen-bond acceptors (Lipinski definition) is 4. The van der Waals surface area contributed by atoms with Gasteiger partial charge in [-0.2, -0.15) is 8.78 Å². The lowest BCUT2D eigenvalue weighted by Crippen LogP contribution is -2.40. The van der Waals surface area contributed by atoms with Crippen molar-refractivity contribution in [2.45, 2.75) is 12.7 Å². The molecule has 0 radical (unpaired) electrons. The van der Waals surface area contributed by atoms with Crippen molar-refractivity contribution in [1.29, 1.82) is 0 Å². The molecule has 1 heterocycles. The van der Waals surface area contributed by atoms with Gasteiger partial charge >= 0.3 is 6.61 Å². The van der Waals surface area contributed by atoms with E-state index in [1.165, 1.54) is 24.3 Å². The van der Waals surface area contributed by atoms with Crippen LogP contribution in [0.3, 0.4) is 0 Å². The van der Waals surface area contributed by atoms with Crippen LogP contribution in [0, 0.1) is 0 Å². The molecule has 1 atom stereocenters. The number of hydrogen-bond donors (Lipinski definition) is 1. The molecule has 1 aliphatic rings. The van der Waals surface area contributed by atoms with Crippen LogP contribution >= 0.6 is 0 Å². The third-order valence-electron chi connectivity index (χ3n) is 3.15. The normalized spacial score (nSPS) is 16.0. The number of halogens is 2. The molecule has 1 amide bonds. The molecule has 2 aromatic rings. The van der Waals surface area contributed by atoms with Gasteiger partial charge in [0.1, 0.15) is 12.4 Å². The molecule has 3 rings (SSSR count). The third kappa shape index (κ3) is 3.68. The van der Waals surface area contributed by atoms with Crippen molar-refractivity contribution in [1.82, 2.24) is 0 Å². The molecule has 0 aliphatic carbocycles. The highest BCUT2D eigenvalue weighted by atomic mass is 19.3. The Hall–Kier alpha value is -2.83. The molecule has 5 nitrogen and oxygen atoms in total. The third-order valence-corrected chi connectivity index (χ3v) is 3.15. The molecule has 0 saturated carbocycles. The summed E-state index contributed by atoms with van der Waals surface area (Å²) in [4.78, 5) is 12.2. The van der Waals surface area contributed by atoms with Crippen LogP contribution in [0.1, 0.15) is 0 Å². The Balaban J connectivity index is 1.61. The summed E-state index contributed by atoms with van der Waals surface area (Å²) in [5, 5.41) is 2.64. The van der Waals surface area contributed by atoms with Crippen molar-refractivity contribution < 1.29 is 27.8 Å². The summed E-state index contributed by atoms with van der Waals surface area (Å²) in [5.74, 6) is 0.718. The Morgan fingerprint density at radius 3 is 2.52 bits per heavy atom. The molecule has 0 aromatic heterocycles. The summed E-state index contributed by atoms with van der Waals surface area (Å²) in [5.41, 5.74) is 0.444. The monoisotopic (exact) mass is 321 g/mol. The van der Waals surface area contributed by atoms with Gasteiger partial charge in [0.2, 0.25) is 6.10 Å². The molecule has 120 valence electrons. The molecule has 1 unspecified atom stereocenters. The number of para-hydroxylation sites is 2. The van der Waals surface area contributed by atoms with Gasteiger partial charge < -0.3 is 19.5 Å². The molecule has 0 saturated heterocycles. The van der Waals surface area contributed by atoms with Crippen LogP contribution in [0.5, 0.6) is 17.2 Å². The zero-order valence-electron chi connectivity index (χ0n) is 11.9. The van der Waals surface area contributed by atoms with Gasteiger partial charge in [0.25, 0.3) is 5.91 Å². The predicted octanol–water partition coefficient (Wildman–Crippen LogP) is 3.07. The van der Waals surface area contributed by atoms with E-state index in [1.807, 2.05) is 6.07 Å². The van der Waals surface area contributed by atoms with Gasteiger partial charge in [0.15, 0.2) is 11.5 Å². The van der Waals surface area contributed by atoms with E-state index in [0.717, 1.165) is 0 Å². The maximum atomic E-state index is 12.2. The number of alkyl halides is 2. The van der Waals surface area contributed by atoms with Gasteiger partial charge in [-0.1, -0.05) is 12.1 Å². The number of rotatable bonds is 4. The molecule has 2 aromatic carbocycles. The summed E-state index contributed by atoms with van der Waals surface area (Å²) < 4.78 is 39.4. The SMILES string of the molecule is O=C(Nc1ccc(OC(F)F)cc1)C1COc2ccccc2O1. The van der Waals surface area contributed by atoms with E-state index in [2.05, 4.69) is 10.1 Å². The van der Waals surface area contributed by atoms with Gasteiger partial charge in [-0.3, -0.25) is 4.79 Å². The van der Waals surface area contributed by atoms with Crippen molar-refractivity contribution in [3.05, 3.63) is 48.5 Å². The van der Waals surface area contributed by atoms with E-state index in [1.54, 1.807) is 18.2 Å². The second-order valence-electron chi connectivity index (χ2n) is 4.76. The molecule has 0 spiro atoms. The Morgan fingerprint density at radius 1 is 1.13 bits per heavy atom. The fraction of sp³-hybridized carbons (Fsp3) is 0.188. The van der Waals surface area contributed by atoms with E-state index in [4.69, 9.17) is 9.47 Å². The van der Waals surface area contributed by atoms with Gasteiger partial charge in [0.05, 0.1) is 0 Å². The van der Waals surface area contributed by atoms with Crippen LogP contribution in [-0.2, 0) is 4.79 Å². The Bertz CT molecular complexity index is 691. The highest BCUT2D eigenvalue weighted by molar-refractivity contribution is 5.94. The quantitative estimate of drug-likeness (QED) is 0.940. The van der Waals surface area contributed by atoms with Crippen molar-refractivity contribution in [2.24, 2.45) is 0 Å². The Morgan fingerprint density at radius 2 is 1.83 bits per heavy atom. The van der Waals surface area contributed by atoms with Gasteiger partial charge in [-0.05, 0) is 36.4 Å². The first kappa shape index (κ1) is 15.1. The van der Waals surface area contributed by atoms with Crippen molar-refractivity contribution >= 4 is 11.6 Å². The summed E-state index contributed by atoms with van der Waals surface area (Å²) in [6, 6.07) is 12.7. The summed E-state index contributed by atoms with van der Waals surface area (Å²) in [7, 11) is 0. The molecule has 23 heavy (non-hydrogen) atoms. The number of anilines is 1. The minimum Gasteiger partial charge on any atom is -0.485 e. The largest absolute Gasteiger partial charge is 0.485 e. The highest BCUT2D eigenvalue weighted by Crippen LogP contribution is 2.31. The molecule has 1 aliphatic heterocycles. The average molecular weight is 321 g/mol. The first-order chi connectivity index (χ1) is 11.1. The van der Waals surface area contributed by atoms with Crippen LogP contribution in [0.15, 0.2) is 48.5 Å². The first-order valence-electron chi connectivity index (χ1n) is 6.86. The molecule has 0 fully saturated rings. The molecule has 7 heteroatoms. The van der Waals surface area contributed by atoms with E-state index >= 15 is 0 Å². The van der Waals surface area contributed by atoms with Crippen LogP contribution < -0.4 is 19.5 Å². The van der Waals surface area contributed by atoms with Crippen LogP contribution in [0.25, 0.3) is 0 Å². The van der Waals surface area contributed by atoms with E-state index in [9.17, 15) is 13.6 Å².